The number of urea groups is 1. The second-order valence-electron chi connectivity index (χ2n) is 6.80. The van der Waals surface area contributed by atoms with Gasteiger partial charge >= 0.3 is 6.03 Å². The molecule has 0 unspecified atom stereocenters. The van der Waals surface area contributed by atoms with Gasteiger partial charge in [-0.2, -0.15) is 0 Å². The van der Waals surface area contributed by atoms with Crippen LogP contribution in [0.25, 0.3) is 11.5 Å². The first-order chi connectivity index (χ1) is 14.3. The van der Waals surface area contributed by atoms with Gasteiger partial charge in [0.25, 0.3) is 5.91 Å². The van der Waals surface area contributed by atoms with Crippen LogP contribution in [0.5, 0.6) is 5.75 Å². The molecular weight excluding hydrogens is 398 g/mol. The maximum Gasteiger partial charge on any atom is 0.325 e. The van der Waals surface area contributed by atoms with Crippen molar-refractivity contribution < 1.29 is 27.5 Å². The van der Waals surface area contributed by atoms with Crippen molar-refractivity contribution in [1.29, 1.82) is 0 Å². The van der Waals surface area contributed by atoms with Crippen LogP contribution in [0.3, 0.4) is 0 Å². The van der Waals surface area contributed by atoms with Crippen molar-refractivity contribution in [3.63, 3.8) is 0 Å². The first-order valence-electron chi connectivity index (χ1n) is 8.88. The first kappa shape index (κ1) is 19.5. The molecule has 0 bridgehead atoms. The van der Waals surface area contributed by atoms with E-state index in [1.54, 1.807) is 31.4 Å². The standard InChI is InChI=1S/C20H16F2N4O4/c1-20(12-5-8-14(21)15(22)9-12)18(27)26(19(28)23-20)10-16-24-25-17(30-16)11-3-6-13(29-2)7-4-11/h3-9H,10H2,1-2H3,(H,23,28)/t20-/m1/s1. The van der Waals surface area contributed by atoms with Crippen LogP contribution < -0.4 is 10.1 Å². The topological polar surface area (TPSA) is 97.6 Å². The minimum Gasteiger partial charge on any atom is -0.497 e. The summed E-state index contributed by atoms with van der Waals surface area (Å²) in [5.74, 6) is -1.90. The Morgan fingerprint density at radius 3 is 2.50 bits per heavy atom. The number of amides is 3. The van der Waals surface area contributed by atoms with Crippen molar-refractivity contribution in [2.45, 2.75) is 19.0 Å². The lowest BCUT2D eigenvalue weighted by Gasteiger charge is -2.22. The zero-order valence-electron chi connectivity index (χ0n) is 16.0. The summed E-state index contributed by atoms with van der Waals surface area (Å²) in [4.78, 5) is 26.2. The van der Waals surface area contributed by atoms with Crippen molar-refractivity contribution in [1.82, 2.24) is 20.4 Å². The SMILES string of the molecule is COc1ccc(-c2nnc(CN3C(=O)N[C@](C)(c4ccc(F)c(F)c4)C3=O)o2)cc1. The van der Waals surface area contributed by atoms with Crippen LogP contribution in [0.4, 0.5) is 13.6 Å². The molecule has 154 valence electrons. The molecule has 2 aromatic carbocycles. The van der Waals surface area contributed by atoms with Crippen LogP contribution in [0.15, 0.2) is 46.9 Å². The fourth-order valence-electron chi connectivity index (χ4n) is 3.15. The molecule has 3 aromatic rings. The van der Waals surface area contributed by atoms with Gasteiger partial charge in [-0.1, -0.05) is 6.07 Å². The van der Waals surface area contributed by atoms with Crippen LogP contribution in [0.2, 0.25) is 0 Å². The second kappa shape index (κ2) is 7.21. The average molecular weight is 414 g/mol. The number of carbonyl (C=O) groups excluding carboxylic acids is 2. The summed E-state index contributed by atoms with van der Waals surface area (Å²) >= 11 is 0. The van der Waals surface area contributed by atoms with Crippen LogP contribution in [0.1, 0.15) is 18.4 Å². The molecule has 0 aliphatic carbocycles. The fourth-order valence-corrected chi connectivity index (χ4v) is 3.15. The second-order valence-corrected chi connectivity index (χ2v) is 6.80. The zero-order valence-corrected chi connectivity index (χ0v) is 16.0. The van der Waals surface area contributed by atoms with Gasteiger partial charge in [-0.15, -0.1) is 10.2 Å². The predicted octanol–water partition coefficient (Wildman–Crippen LogP) is 2.99. The fraction of sp³-hybridized carbons (Fsp3) is 0.200. The van der Waals surface area contributed by atoms with Gasteiger partial charge in [-0.25, -0.2) is 13.6 Å². The predicted molar refractivity (Wildman–Crippen MR) is 99.1 cm³/mol. The molecule has 3 amide bonds. The highest BCUT2D eigenvalue weighted by molar-refractivity contribution is 6.07. The molecular formula is C20H16F2N4O4. The van der Waals surface area contributed by atoms with E-state index in [1.807, 2.05) is 0 Å². The number of aromatic nitrogens is 2. The van der Waals surface area contributed by atoms with Gasteiger partial charge in [-0.3, -0.25) is 9.69 Å². The van der Waals surface area contributed by atoms with E-state index in [4.69, 9.17) is 9.15 Å². The number of imide groups is 1. The molecule has 0 saturated carbocycles. The summed E-state index contributed by atoms with van der Waals surface area (Å²) in [5, 5.41) is 10.3. The molecule has 1 aliphatic heterocycles. The Labute approximate surface area is 169 Å². The number of ether oxygens (including phenoxy) is 1. The van der Waals surface area contributed by atoms with Crippen LogP contribution in [-0.2, 0) is 16.9 Å². The van der Waals surface area contributed by atoms with Gasteiger partial charge in [0, 0.05) is 5.56 Å². The molecule has 1 N–H and O–H groups in total. The van der Waals surface area contributed by atoms with Gasteiger partial charge in [0.05, 0.1) is 7.11 Å². The van der Waals surface area contributed by atoms with Gasteiger partial charge in [0.15, 0.2) is 11.6 Å². The highest BCUT2D eigenvalue weighted by atomic mass is 19.2. The van der Waals surface area contributed by atoms with Gasteiger partial charge in [-0.05, 0) is 48.9 Å². The van der Waals surface area contributed by atoms with E-state index >= 15 is 0 Å². The number of hydrogen-bond acceptors (Lipinski definition) is 6. The summed E-state index contributed by atoms with van der Waals surface area (Å²) in [5.41, 5.74) is -0.796. The lowest BCUT2D eigenvalue weighted by atomic mass is 9.92. The number of rotatable bonds is 5. The smallest absolute Gasteiger partial charge is 0.325 e. The van der Waals surface area contributed by atoms with Gasteiger partial charge in [0.1, 0.15) is 17.8 Å². The number of benzene rings is 2. The quantitative estimate of drug-likeness (QED) is 0.645. The Morgan fingerprint density at radius 1 is 1.10 bits per heavy atom. The van der Waals surface area contributed by atoms with Crippen molar-refractivity contribution in [3.8, 4) is 17.2 Å². The summed E-state index contributed by atoms with van der Waals surface area (Å²) < 4.78 is 37.5. The number of methoxy groups -OCH3 is 1. The number of carbonyl (C=O) groups is 2. The lowest BCUT2D eigenvalue weighted by molar-refractivity contribution is -0.131. The molecule has 1 saturated heterocycles. The van der Waals surface area contributed by atoms with E-state index in [-0.39, 0.29) is 23.9 Å². The van der Waals surface area contributed by atoms with Gasteiger partial charge in [0.2, 0.25) is 11.8 Å². The summed E-state index contributed by atoms with van der Waals surface area (Å²) in [6.45, 7) is 1.14. The van der Waals surface area contributed by atoms with E-state index in [0.29, 0.717) is 11.3 Å². The first-order valence-corrected chi connectivity index (χ1v) is 8.88. The van der Waals surface area contributed by atoms with Gasteiger partial charge < -0.3 is 14.5 Å². The van der Waals surface area contributed by atoms with Crippen LogP contribution in [-0.4, -0.2) is 34.1 Å². The molecule has 1 aromatic heterocycles. The molecule has 0 radical (unpaired) electrons. The molecule has 2 heterocycles. The van der Waals surface area contributed by atoms with Crippen molar-refractivity contribution in [2.24, 2.45) is 0 Å². The zero-order chi connectivity index (χ0) is 21.5. The molecule has 4 rings (SSSR count). The maximum absolute atomic E-state index is 13.6. The minimum atomic E-state index is -1.55. The molecule has 1 aliphatic rings. The largest absolute Gasteiger partial charge is 0.497 e. The highest BCUT2D eigenvalue weighted by Crippen LogP contribution is 2.31. The van der Waals surface area contributed by atoms with E-state index < -0.39 is 29.1 Å². The van der Waals surface area contributed by atoms with Crippen molar-refractivity contribution in [3.05, 3.63) is 65.6 Å². The van der Waals surface area contributed by atoms with E-state index in [2.05, 4.69) is 15.5 Å². The van der Waals surface area contributed by atoms with E-state index in [0.717, 1.165) is 17.0 Å². The third-order valence-corrected chi connectivity index (χ3v) is 4.87. The number of nitrogens with one attached hydrogen (secondary N) is 1. The highest BCUT2D eigenvalue weighted by Gasteiger charge is 2.49. The van der Waals surface area contributed by atoms with Crippen LogP contribution in [0, 0.1) is 11.6 Å². The Morgan fingerprint density at radius 2 is 1.83 bits per heavy atom. The summed E-state index contributed by atoms with van der Waals surface area (Å²) in [6.07, 6.45) is 0. The molecule has 10 heteroatoms. The summed E-state index contributed by atoms with van der Waals surface area (Å²) in [7, 11) is 1.55. The van der Waals surface area contributed by atoms with E-state index in [1.165, 1.54) is 13.0 Å². The minimum absolute atomic E-state index is 0.0406. The van der Waals surface area contributed by atoms with Crippen molar-refractivity contribution >= 4 is 11.9 Å². The lowest BCUT2D eigenvalue weighted by Crippen LogP contribution is -2.41. The molecule has 8 nitrogen and oxygen atoms in total. The Bertz CT molecular complexity index is 1130. The molecule has 1 atom stereocenters. The van der Waals surface area contributed by atoms with E-state index in [9.17, 15) is 18.4 Å². The van der Waals surface area contributed by atoms with Crippen LogP contribution >= 0.6 is 0 Å². The monoisotopic (exact) mass is 414 g/mol. The normalized spacial score (nSPS) is 18.6. The Kier molecular flexibility index (Phi) is 4.69. The molecule has 0 spiro atoms. The number of nitrogens with zero attached hydrogens (tertiary/aromatic N) is 3. The molecule has 30 heavy (non-hydrogen) atoms. The van der Waals surface area contributed by atoms with Crippen molar-refractivity contribution in [2.75, 3.05) is 7.11 Å². The summed E-state index contributed by atoms with van der Waals surface area (Å²) in [6, 6.07) is 9.22. The third-order valence-electron chi connectivity index (χ3n) is 4.87. The Hall–Kier alpha value is -3.82. The third kappa shape index (κ3) is 3.25. The number of halogens is 2. The maximum atomic E-state index is 13.6. The average Bonchev–Trinajstić information content (AvgIpc) is 3.29. The molecule has 1 fully saturated rings. The Balaban J connectivity index is 1.55. The number of hydrogen-bond donors (Lipinski definition) is 1.